The van der Waals surface area contributed by atoms with Gasteiger partial charge in [-0.3, -0.25) is 14.4 Å². The Bertz CT molecular complexity index is 1350. The minimum absolute atomic E-state index is 0.00158. The molecule has 0 aromatic heterocycles. The molecule has 0 saturated heterocycles. The number of halogens is 1. The third-order valence-electron chi connectivity index (χ3n) is 5.91. The van der Waals surface area contributed by atoms with Crippen molar-refractivity contribution in [3.8, 4) is 11.5 Å². The highest BCUT2D eigenvalue weighted by atomic mass is 35.5. The molecule has 11 nitrogen and oxygen atoms in total. The first-order valence-electron chi connectivity index (χ1n) is 12.7. The Balaban J connectivity index is 1.66. The van der Waals surface area contributed by atoms with E-state index in [2.05, 4.69) is 16.0 Å². The lowest BCUT2D eigenvalue weighted by atomic mass is 10.0. The molecule has 0 heterocycles. The summed E-state index contributed by atoms with van der Waals surface area (Å²) in [6.45, 7) is 1.33. The Hall–Kier alpha value is -4.61. The van der Waals surface area contributed by atoms with Crippen LogP contribution in [-0.2, 0) is 27.3 Å². The van der Waals surface area contributed by atoms with Crippen molar-refractivity contribution in [3.63, 3.8) is 0 Å². The van der Waals surface area contributed by atoms with Gasteiger partial charge in [0.1, 0.15) is 30.2 Å². The summed E-state index contributed by atoms with van der Waals surface area (Å²) in [4.78, 5) is 49.7. The maximum absolute atomic E-state index is 13.2. The number of phenolic OH excluding ortho intramolecular Hbond substituents is 1. The molecule has 3 aromatic carbocycles. The van der Waals surface area contributed by atoms with E-state index in [0.29, 0.717) is 18.7 Å². The zero-order valence-corrected chi connectivity index (χ0v) is 22.8. The van der Waals surface area contributed by atoms with Crippen molar-refractivity contribution >= 4 is 35.3 Å². The third-order valence-corrected chi connectivity index (χ3v) is 6.15. The van der Waals surface area contributed by atoms with Gasteiger partial charge in [0.05, 0.1) is 12.0 Å². The van der Waals surface area contributed by atoms with Crippen LogP contribution in [0.2, 0.25) is 5.02 Å². The zero-order valence-electron chi connectivity index (χ0n) is 22.0. The molecule has 0 bridgehead atoms. The molecule has 3 rings (SSSR count). The largest absolute Gasteiger partial charge is 0.508 e. The standard InChI is InChI=1S/C29H31ClN4O7/c30-20-8-11-25(41-13-12-32-17-19-4-2-1-3-5-19)22(15-20)27(37)33-23(16-26(31)36)28(38)34-24(29(39)40)14-18-6-9-21(35)10-7-18/h1-11,15,23-24,32,35H,12-14,16-17H2,(H2,31,36)(H,33,37)(H,34,38)(H,39,40)/t23-,24-/m0/s1. The number of carboxylic acid groups (broad SMARTS) is 1. The van der Waals surface area contributed by atoms with Crippen LogP contribution < -0.4 is 26.4 Å². The van der Waals surface area contributed by atoms with Gasteiger partial charge in [0.25, 0.3) is 5.91 Å². The lowest BCUT2D eigenvalue weighted by molar-refractivity contribution is -0.142. The molecule has 0 fully saturated rings. The normalized spacial score (nSPS) is 12.1. The fourth-order valence-corrected chi connectivity index (χ4v) is 4.03. The van der Waals surface area contributed by atoms with Gasteiger partial charge < -0.3 is 36.6 Å². The predicted octanol–water partition coefficient (Wildman–Crippen LogP) is 2.00. The number of carboxylic acids is 1. The van der Waals surface area contributed by atoms with E-state index in [1.165, 1.54) is 36.4 Å². The lowest BCUT2D eigenvalue weighted by Crippen LogP contribution is -2.53. The Morgan fingerprint density at radius 2 is 1.61 bits per heavy atom. The fourth-order valence-electron chi connectivity index (χ4n) is 3.85. The highest BCUT2D eigenvalue weighted by Crippen LogP contribution is 2.23. The number of hydrogen-bond acceptors (Lipinski definition) is 7. The molecule has 3 aromatic rings. The van der Waals surface area contributed by atoms with Gasteiger partial charge in [-0.15, -0.1) is 0 Å². The first kappa shape index (κ1) is 30.9. The highest BCUT2D eigenvalue weighted by molar-refractivity contribution is 6.31. The summed E-state index contributed by atoms with van der Waals surface area (Å²) in [5.74, 6) is -3.71. The average Bonchev–Trinajstić information content (AvgIpc) is 2.94. The SMILES string of the molecule is NC(=O)C[C@H](NC(=O)c1cc(Cl)ccc1OCCNCc1ccccc1)C(=O)N[C@@H](Cc1ccc(O)cc1)C(=O)O. The number of phenols is 1. The van der Waals surface area contributed by atoms with Gasteiger partial charge in [0.15, 0.2) is 0 Å². The number of nitrogens with one attached hydrogen (secondary N) is 3. The zero-order chi connectivity index (χ0) is 29.8. The summed E-state index contributed by atoms with van der Waals surface area (Å²) in [7, 11) is 0. The van der Waals surface area contributed by atoms with Gasteiger partial charge in [-0.05, 0) is 41.5 Å². The van der Waals surface area contributed by atoms with Gasteiger partial charge in [0.2, 0.25) is 11.8 Å². The van der Waals surface area contributed by atoms with Crippen LogP contribution in [0.15, 0.2) is 72.8 Å². The van der Waals surface area contributed by atoms with E-state index in [-0.39, 0.29) is 35.1 Å². The molecule has 0 saturated carbocycles. The summed E-state index contributed by atoms with van der Waals surface area (Å²) < 4.78 is 5.78. The Labute approximate surface area is 241 Å². The van der Waals surface area contributed by atoms with Gasteiger partial charge in [0, 0.05) is 24.5 Å². The van der Waals surface area contributed by atoms with Gasteiger partial charge in [-0.25, -0.2) is 4.79 Å². The average molecular weight is 583 g/mol. The topological polar surface area (TPSA) is 180 Å². The molecule has 0 spiro atoms. The number of ether oxygens (including phenoxy) is 1. The van der Waals surface area contributed by atoms with Crippen LogP contribution in [0.3, 0.4) is 0 Å². The van der Waals surface area contributed by atoms with E-state index in [1.807, 2.05) is 30.3 Å². The molecular weight excluding hydrogens is 552 g/mol. The van der Waals surface area contributed by atoms with Crippen molar-refractivity contribution in [2.45, 2.75) is 31.5 Å². The van der Waals surface area contributed by atoms with Crippen molar-refractivity contribution in [2.75, 3.05) is 13.2 Å². The maximum Gasteiger partial charge on any atom is 0.326 e. The quantitative estimate of drug-likeness (QED) is 0.147. The molecule has 7 N–H and O–H groups in total. The molecule has 41 heavy (non-hydrogen) atoms. The summed E-state index contributed by atoms with van der Waals surface area (Å²) >= 11 is 6.10. The van der Waals surface area contributed by atoms with Gasteiger partial charge in [-0.1, -0.05) is 54.1 Å². The van der Waals surface area contributed by atoms with Gasteiger partial charge >= 0.3 is 5.97 Å². The minimum atomic E-state index is -1.47. The third kappa shape index (κ3) is 10.1. The molecule has 3 amide bonds. The van der Waals surface area contributed by atoms with Crippen molar-refractivity contribution in [1.82, 2.24) is 16.0 Å². The highest BCUT2D eigenvalue weighted by Gasteiger charge is 2.29. The Morgan fingerprint density at radius 1 is 0.902 bits per heavy atom. The smallest absolute Gasteiger partial charge is 0.326 e. The number of amides is 3. The number of nitrogens with two attached hydrogens (primary N) is 1. The summed E-state index contributed by atoms with van der Waals surface area (Å²) in [5.41, 5.74) is 6.95. The van der Waals surface area contributed by atoms with Crippen LogP contribution in [0.4, 0.5) is 0 Å². The minimum Gasteiger partial charge on any atom is -0.508 e. The molecule has 12 heteroatoms. The number of primary amides is 1. The lowest BCUT2D eigenvalue weighted by Gasteiger charge is -2.21. The number of aromatic hydroxyl groups is 1. The number of carbonyl (C=O) groups is 4. The number of aliphatic carboxylic acids is 1. The van der Waals surface area contributed by atoms with Gasteiger partial charge in [-0.2, -0.15) is 0 Å². The first-order valence-corrected chi connectivity index (χ1v) is 13.1. The summed E-state index contributed by atoms with van der Waals surface area (Å²) in [6.07, 6.45) is -0.688. The molecular formula is C29H31ClN4O7. The second-order valence-corrected chi connectivity index (χ2v) is 9.55. The monoisotopic (exact) mass is 582 g/mol. The predicted molar refractivity (Wildman–Crippen MR) is 152 cm³/mol. The van der Waals surface area contributed by atoms with Crippen LogP contribution in [0.5, 0.6) is 11.5 Å². The van der Waals surface area contributed by atoms with Crippen LogP contribution in [-0.4, -0.2) is 59.1 Å². The molecule has 0 aliphatic heterocycles. The summed E-state index contributed by atoms with van der Waals surface area (Å²) in [6, 6.07) is 17.1. The fraction of sp³-hybridized carbons (Fsp3) is 0.241. The molecule has 216 valence electrons. The van der Waals surface area contributed by atoms with E-state index in [1.54, 1.807) is 6.07 Å². The van der Waals surface area contributed by atoms with Crippen molar-refractivity contribution in [3.05, 3.63) is 94.5 Å². The number of carbonyl (C=O) groups excluding carboxylic acids is 3. The number of hydrogen-bond donors (Lipinski definition) is 6. The maximum atomic E-state index is 13.2. The Kier molecular flexibility index (Phi) is 11.5. The van der Waals surface area contributed by atoms with Crippen molar-refractivity contribution in [1.29, 1.82) is 0 Å². The summed E-state index contributed by atoms with van der Waals surface area (Å²) in [5, 5.41) is 27.3. The second-order valence-electron chi connectivity index (χ2n) is 9.12. The Morgan fingerprint density at radius 3 is 2.27 bits per heavy atom. The van der Waals surface area contributed by atoms with E-state index in [4.69, 9.17) is 22.1 Å². The van der Waals surface area contributed by atoms with Crippen LogP contribution in [0, 0.1) is 0 Å². The van der Waals surface area contributed by atoms with Crippen LogP contribution >= 0.6 is 11.6 Å². The van der Waals surface area contributed by atoms with Crippen LogP contribution in [0.1, 0.15) is 27.9 Å². The van der Waals surface area contributed by atoms with E-state index in [9.17, 15) is 29.4 Å². The van der Waals surface area contributed by atoms with E-state index < -0.39 is 42.2 Å². The first-order chi connectivity index (χ1) is 19.6. The van der Waals surface area contributed by atoms with Crippen molar-refractivity contribution in [2.24, 2.45) is 5.73 Å². The molecule has 0 aliphatic carbocycles. The van der Waals surface area contributed by atoms with Crippen molar-refractivity contribution < 1.29 is 34.1 Å². The number of benzene rings is 3. The molecule has 0 unspecified atom stereocenters. The number of rotatable bonds is 15. The second kappa shape index (κ2) is 15.2. The van der Waals surface area contributed by atoms with Crippen LogP contribution in [0.25, 0.3) is 0 Å². The van der Waals surface area contributed by atoms with E-state index in [0.717, 1.165) is 5.56 Å². The molecule has 2 atom stereocenters. The van der Waals surface area contributed by atoms with E-state index >= 15 is 0 Å². The molecule has 0 radical (unpaired) electrons. The molecule has 0 aliphatic rings.